The summed E-state index contributed by atoms with van der Waals surface area (Å²) in [6, 6.07) is 17.7. The Morgan fingerprint density at radius 1 is 0.931 bits per heavy atom. The van der Waals surface area contributed by atoms with E-state index < -0.39 is 11.9 Å². The monoisotopic (exact) mass is 399 g/mol. The molecule has 0 saturated carbocycles. The van der Waals surface area contributed by atoms with E-state index in [1.54, 1.807) is 24.3 Å². The number of rotatable bonds is 3. The third-order valence-corrected chi connectivity index (χ3v) is 5.31. The summed E-state index contributed by atoms with van der Waals surface area (Å²) in [6.45, 7) is 1.38. The number of carbonyl (C=O) groups excluding carboxylic acids is 1. The van der Waals surface area contributed by atoms with Gasteiger partial charge in [-0.1, -0.05) is 30.3 Å². The summed E-state index contributed by atoms with van der Waals surface area (Å²) < 4.78 is 39.3. The summed E-state index contributed by atoms with van der Waals surface area (Å²) >= 11 is 0. The first-order valence-electron chi connectivity index (χ1n) is 9.49. The highest BCUT2D eigenvalue weighted by atomic mass is 19.4. The summed E-state index contributed by atoms with van der Waals surface area (Å²) in [5.41, 5.74) is 1.36. The Bertz CT molecular complexity index is 973. The van der Waals surface area contributed by atoms with E-state index in [1.807, 2.05) is 23.1 Å². The fraction of sp³-hybridized carbons (Fsp3) is 0.273. The lowest BCUT2D eigenvalue weighted by Gasteiger charge is -2.32. The molecule has 0 radical (unpaired) electrons. The van der Waals surface area contributed by atoms with Gasteiger partial charge in [0.05, 0.1) is 5.69 Å². The predicted octanol–water partition coefficient (Wildman–Crippen LogP) is 4.91. The summed E-state index contributed by atoms with van der Waals surface area (Å²) in [4.78, 5) is 14.6. The molecule has 150 valence electrons. The van der Waals surface area contributed by atoms with Gasteiger partial charge in [0.2, 0.25) is 0 Å². The number of aromatic nitrogens is 2. The van der Waals surface area contributed by atoms with Gasteiger partial charge in [-0.05, 0) is 54.7 Å². The van der Waals surface area contributed by atoms with Crippen LogP contribution in [0.4, 0.5) is 13.2 Å². The maximum atomic E-state index is 12.8. The number of piperidine rings is 1. The molecule has 3 aromatic rings. The highest BCUT2D eigenvalue weighted by molar-refractivity contribution is 5.94. The van der Waals surface area contributed by atoms with Crippen LogP contribution in [-0.2, 0) is 6.18 Å². The number of hydrogen-bond acceptors (Lipinski definition) is 2. The van der Waals surface area contributed by atoms with E-state index >= 15 is 0 Å². The molecule has 1 amide bonds. The molecule has 0 bridgehead atoms. The van der Waals surface area contributed by atoms with Crippen molar-refractivity contribution in [1.82, 2.24) is 14.7 Å². The quantitative estimate of drug-likeness (QED) is 0.628. The van der Waals surface area contributed by atoms with Gasteiger partial charge in [0.1, 0.15) is 0 Å². The normalized spacial score (nSPS) is 15.5. The van der Waals surface area contributed by atoms with Crippen LogP contribution >= 0.6 is 0 Å². The van der Waals surface area contributed by atoms with Crippen LogP contribution in [0.1, 0.15) is 40.4 Å². The summed E-state index contributed by atoms with van der Waals surface area (Å²) in [5.74, 6) is 0.407. The van der Waals surface area contributed by atoms with Crippen molar-refractivity contribution < 1.29 is 18.0 Å². The molecule has 0 aliphatic carbocycles. The molecule has 7 heteroatoms. The van der Waals surface area contributed by atoms with E-state index in [4.69, 9.17) is 0 Å². The maximum Gasteiger partial charge on any atom is 0.435 e. The number of carbonyl (C=O) groups is 1. The zero-order chi connectivity index (χ0) is 20.4. The molecule has 1 fully saturated rings. The molecule has 4 rings (SSSR count). The van der Waals surface area contributed by atoms with Gasteiger partial charge in [-0.3, -0.25) is 4.79 Å². The zero-order valence-electron chi connectivity index (χ0n) is 15.6. The number of likely N-dealkylation sites (tertiary alicyclic amines) is 1. The third-order valence-electron chi connectivity index (χ3n) is 5.31. The standard InChI is InChI=1S/C22H20F3N3O/c23-22(24,25)20-12-15-28(26-20)19-8-6-18(7-9-19)21(29)27-13-10-17(11-14-27)16-4-2-1-3-5-16/h1-9,12,15,17H,10-11,13-14H2. The van der Waals surface area contributed by atoms with Crippen LogP contribution in [0.25, 0.3) is 5.69 Å². The minimum Gasteiger partial charge on any atom is -0.339 e. The van der Waals surface area contributed by atoms with E-state index in [0.717, 1.165) is 23.6 Å². The Morgan fingerprint density at radius 3 is 2.17 bits per heavy atom. The fourth-order valence-corrected chi connectivity index (χ4v) is 3.70. The van der Waals surface area contributed by atoms with Crippen molar-refractivity contribution in [3.63, 3.8) is 0 Å². The van der Waals surface area contributed by atoms with Gasteiger partial charge in [-0.15, -0.1) is 0 Å². The molecule has 1 aliphatic rings. The van der Waals surface area contributed by atoms with E-state index in [9.17, 15) is 18.0 Å². The Kier molecular flexibility index (Phi) is 5.13. The van der Waals surface area contributed by atoms with Gasteiger partial charge >= 0.3 is 6.18 Å². The molecule has 1 aliphatic heterocycles. The predicted molar refractivity (Wildman–Crippen MR) is 103 cm³/mol. The van der Waals surface area contributed by atoms with Crippen LogP contribution in [0.3, 0.4) is 0 Å². The molecule has 1 aromatic heterocycles. The second-order valence-electron chi connectivity index (χ2n) is 7.17. The first kappa shape index (κ1) is 19.2. The summed E-state index contributed by atoms with van der Waals surface area (Å²) in [5, 5.41) is 3.55. The van der Waals surface area contributed by atoms with Crippen molar-refractivity contribution in [2.75, 3.05) is 13.1 Å². The lowest BCUT2D eigenvalue weighted by molar-refractivity contribution is -0.141. The van der Waals surface area contributed by atoms with E-state index in [1.165, 1.54) is 11.8 Å². The highest BCUT2D eigenvalue weighted by Gasteiger charge is 2.33. The number of hydrogen-bond donors (Lipinski definition) is 0. The first-order chi connectivity index (χ1) is 13.9. The Hall–Kier alpha value is -3.09. The molecular weight excluding hydrogens is 379 g/mol. The van der Waals surface area contributed by atoms with Crippen LogP contribution in [0, 0.1) is 0 Å². The van der Waals surface area contributed by atoms with Crippen LogP contribution in [0.5, 0.6) is 0 Å². The van der Waals surface area contributed by atoms with Crippen LogP contribution in [0.15, 0.2) is 66.9 Å². The average molecular weight is 399 g/mol. The lowest BCUT2D eigenvalue weighted by Crippen LogP contribution is -2.37. The topological polar surface area (TPSA) is 38.1 Å². The second kappa shape index (κ2) is 7.73. The minimum atomic E-state index is -4.48. The fourth-order valence-electron chi connectivity index (χ4n) is 3.70. The Labute approximate surface area is 166 Å². The molecule has 29 heavy (non-hydrogen) atoms. The maximum absolute atomic E-state index is 12.8. The second-order valence-corrected chi connectivity index (χ2v) is 7.17. The molecule has 0 atom stereocenters. The number of nitrogens with zero attached hydrogens (tertiary/aromatic N) is 3. The lowest BCUT2D eigenvalue weighted by atomic mass is 9.89. The molecular formula is C22H20F3N3O. The van der Waals surface area contributed by atoms with Gasteiger partial charge in [-0.2, -0.15) is 18.3 Å². The van der Waals surface area contributed by atoms with Gasteiger partial charge in [0, 0.05) is 24.8 Å². The SMILES string of the molecule is O=C(c1ccc(-n2ccc(C(F)(F)F)n2)cc1)N1CCC(c2ccccc2)CC1. The van der Waals surface area contributed by atoms with Gasteiger partial charge < -0.3 is 4.90 Å². The van der Waals surface area contributed by atoms with Crippen molar-refractivity contribution in [3.8, 4) is 5.69 Å². The summed E-state index contributed by atoms with van der Waals surface area (Å²) in [6.07, 6.45) is -1.39. The van der Waals surface area contributed by atoms with Crippen molar-refractivity contribution in [1.29, 1.82) is 0 Å². The Morgan fingerprint density at radius 2 is 1.59 bits per heavy atom. The molecule has 1 saturated heterocycles. The van der Waals surface area contributed by atoms with Crippen molar-refractivity contribution in [2.24, 2.45) is 0 Å². The molecule has 0 spiro atoms. The first-order valence-corrected chi connectivity index (χ1v) is 9.49. The molecule has 0 unspecified atom stereocenters. The average Bonchev–Trinajstić information content (AvgIpc) is 3.25. The minimum absolute atomic E-state index is 0.0560. The van der Waals surface area contributed by atoms with Crippen molar-refractivity contribution in [2.45, 2.75) is 24.9 Å². The van der Waals surface area contributed by atoms with Crippen LogP contribution in [-0.4, -0.2) is 33.7 Å². The molecule has 2 heterocycles. The van der Waals surface area contributed by atoms with E-state index in [0.29, 0.717) is 30.3 Å². The van der Waals surface area contributed by atoms with Crippen LogP contribution in [0.2, 0.25) is 0 Å². The molecule has 2 aromatic carbocycles. The summed E-state index contributed by atoms with van der Waals surface area (Å²) in [7, 11) is 0. The van der Waals surface area contributed by atoms with Gasteiger partial charge in [-0.25, -0.2) is 4.68 Å². The third kappa shape index (κ3) is 4.18. The van der Waals surface area contributed by atoms with Crippen molar-refractivity contribution in [3.05, 3.63) is 83.7 Å². The number of alkyl halides is 3. The van der Waals surface area contributed by atoms with Crippen LogP contribution < -0.4 is 0 Å². The Balaban J connectivity index is 1.40. The molecule has 4 nitrogen and oxygen atoms in total. The number of halogens is 3. The largest absolute Gasteiger partial charge is 0.435 e. The smallest absolute Gasteiger partial charge is 0.339 e. The van der Waals surface area contributed by atoms with Crippen molar-refractivity contribution >= 4 is 5.91 Å². The highest BCUT2D eigenvalue weighted by Crippen LogP contribution is 2.29. The van der Waals surface area contributed by atoms with E-state index in [-0.39, 0.29) is 5.91 Å². The number of benzene rings is 2. The van der Waals surface area contributed by atoms with Gasteiger partial charge in [0.25, 0.3) is 5.91 Å². The molecule has 0 N–H and O–H groups in total. The van der Waals surface area contributed by atoms with E-state index in [2.05, 4.69) is 17.2 Å². The van der Waals surface area contributed by atoms with Gasteiger partial charge in [0.15, 0.2) is 5.69 Å². The number of amides is 1. The zero-order valence-corrected chi connectivity index (χ0v) is 15.6.